The first-order valence-electron chi connectivity index (χ1n) is 9.24. The van der Waals surface area contributed by atoms with Gasteiger partial charge in [0.15, 0.2) is 6.10 Å². The van der Waals surface area contributed by atoms with E-state index in [0.29, 0.717) is 0 Å². The van der Waals surface area contributed by atoms with Crippen LogP contribution in [-0.4, -0.2) is 29.6 Å². The molecule has 0 saturated carbocycles. The summed E-state index contributed by atoms with van der Waals surface area (Å²) in [5.41, 5.74) is 5.99. The smallest absolute Gasteiger partial charge is 0.408 e. The summed E-state index contributed by atoms with van der Waals surface area (Å²) in [4.78, 5) is 36.4. The number of amides is 2. The predicted molar refractivity (Wildman–Crippen MR) is 108 cm³/mol. The summed E-state index contributed by atoms with van der Waals surface area (Å²) in [5, 5.41) is 2.38. The van der Waals surface area contributed by atoms with E-state index in [-0.39, 0.29) is 0 Å². The van der Waals surface area contributed by atoms with Crippen molar-refractivity contribution < 1.29 is 23.9 Å². The molecule has 2 amide bonds. The van der Waals surface area contributed by atoms with E-state index in [0.717, 1.165) is 11.1 Å². The van der Waals surface area contributed by atoms with Crippen LogP contribution in [0.5, 0.6) is 0 Å². The second-order valence-corrected chi connectivity index (χ2v) is 7.51. The van der Waals surface area contributed by atoms with E-state index in [1.165, 1.54) is 0 Å². The molecule has 3 N–H and O–H groups in total. The average Bonchev–Trinajstić information content (AvgIpc) is 2.65. The fourth-order valence-electron chi connectivity index (χ4n) is 2.63. The SMILES string of the molecule is CC(C)(C)OC(=O)N[C@H](CC(N)=O)C(=O)OC(c1ccccc1)c1ccccc1. The first-order chi connectivity index (χ1) is 13.7. The van der Waals surface area contributed by atoms with Crippen LogP contribution in [0.3, 0.4) is 0 Å². The number of hydrogen-bond acceptors (Lipinski definition) is 5. The number of primary amides is 1. The Morgan fingerprint density at radius 1 is 0.931 bits per heavy atom. The molecule has 0 heterocycles. The number of rotatable bonds is 7. The van der Waals surface area contributed by atoms with Crippen molar-refractivity contribution in [3.63, 3.8) is 0 Å². The molecule has 0 aliphatic heterocycles. The van der Waals surface area contributed by atoms with Crippen LogP contribution in [0.2, 0.25) is 0 Å². The number of carbonyl (C=O) groups excluding carboxylic acids is 3. The fourth-order valence-corrected chi connectivity index (χ4v) is 2.63. The molecule has 0 spiro atoms. The normalized spacial score (nSPS) is 12.1. The van der Waals surface area contributed by atoms with E-state index in [2.05, 4.69) is 5.32 Å². The molecule has 0 aromatic heterocycles. The van der Waals surface area contributed by atoms with Crippen molar-refractivity contribution in [2.45, 2.75) is 44.9 Å². The molecule has 154 valence electrons. The Labute approximate surface area is 170 Å². The minimum atomic E-state index is -1.27. The third kappa shape index (κ3) is 7.29. The molecule has 29 heavy (non-hydrogen) atoms. The van der Waals surface area contributed by atoms with E-state index in [1.54, 1.807) is 20.8 Å². The van der Waals surface area contributed by atoms with Gasteiger partial charge in [0.1, 0.15) is 11.6 Å². The summed E-state index contributed by atoms with van der Waals surface area (Å²) in [7, 11) is 0. The van der Waals surface area contributed by atoms with Gasteiger partial charge >= 0.3 is 12.1 Å². The molecule has 0 aliphatic carbocycles. The number of esters is 1. The van der Waals surface area contributed by atoms with E-state index >= 15 is 0 Å². The second-order valence-electron chi connectivity index (χ2n) is 7.51. The zero-order valence-electron chi connectivity index (χ0n) is 16.8. The Kier molecular flexibility index (Phi) is 7.36. The number of carbonyl (C=O) groups is 3. The van der Waals surface area contributed by atoms with Crippen molar-refractivity contribution in [3.8, 4) is 0 Å². The van der Waals surface area contributed by atoms with Crippen LogP contribution >= 0.6 is 0 Å². The van der Waals surface area contributed by atoms with Crippen molar-refractivity contribution in [2.24, 2.45) is 5.73 Å². The number of alkyl carbamates (subject to hydrolysis) is 1. The van der Waals surface area contributed by atoms with Crippen LogP contribution in [-0.2, 0) is 19.1 Å². The van der Waals surface area contributed by atoms with Gasteiger partial charge in [-0.1, -0.05) is 60.7 Å². The van der Waals surface area contributed by atoms with Gasteiger partial charge in [-0.05, 0) is 31.9 Å². The zero-order valence-corrected chi connectivity index (χ0v) is 16.8. The molecule has 0 fully saturated rings. The first kappa shape index (κ1) is 21.9. The fraction of sp³-hybridized carbons (Fsp3) is 0.318. The molecular formula is C22H26N2O5. The lowest BCUT2D eigenvalue weighted by molar-refractivity contribution is -0.151. The van der Waals surface area contributed by atoms with Crippen LogP contribution in [0.1, 0.15) is 44.4 Å². The third-order valence-corrected chi connectivity index (χ3v) is 3.82. The van der Waals surface area contributed by atoms with Gasteiger partial charge in [0.2, 0.25) is 5.91 Å². The number of benzene rings is 2. The third-order valence-electron chi connectivity index (χ3n) is 3.82. The van der Waals surface area contributed by atoms with E-state index in [9.17, 15) is 14.4 Å². The van der Waals surface area contributed by atoms with Crippen molar-refractivity contribution in [2.75, 3.05) is 0 Å². The minimum Gasteiger partial charge on any atom is -0.451 e. The highest BCUT2D eigenvalue weighted by atomic mass is 16.6. The number of ether oxygens (including phenoxy) is 2. The van der Waals surface area contributed by atoms with Crippen LogP contribution < -0.4 is 11.1 Å². The molecule has 2 aromatic carbocycles. The molecule has 0 bridgehead atoms. The molecular weight excluding hydrogens is 372 g/mol. The molecule has 2 rings (SSSR count). The highest BCUT2D eigenvalue weighted by Gasteiger charge is 2.30. The van der Waals surface area contributed by atoms with Gasteiger partial charge in [-0.15, -0.1) is 0 Å². The predicted octanol–water partition coefficient (Wildman–Crippen LogP) is 3.09. The molecule has 0 radical (unpaired) electrons. The summed E-state index contributed by atoms with van der Waals surface area (Å²) in [6.07, 6.45) is -1.95. The molecule has 7 heteroatoms. The number of nitrogens with one attached hydrogen (secondary N) is 1. The van der Waals surface area contributed by atoms with Gasteiger partial charge in [0.25, 0.3) is 0 Å². The maximum Gasteiger partial charge on any atom is 0.408 e. The van der Waals surface area contributed by atoms with Crippen LogP contribution in [0.25, 0.3) is 0 Å². The van der Waals surface area contributed by atoms with E-state index in [4.69, 9.17) is 15.2 Å². The Morgan fingerprint density at radius 3 is 1.83 bits per heavy atom. The monoisotopic (exact) mass is 398 g/mol. The zero-order chi connectivity index (χ0) is 21.4. The topological polar surface area (TPSA) is 108 Å². The number of hydrogen-bond donors (Lipinski definition) is 2. The van der Waals surface area contributed by atoms with Crippen LogP contribution in [0.4, 0.5) is 4.79 Å². The molecule has 0 saturated heterocycles. The Bertz CT molecular complexity index is 792. The Hall–Kier alpha value is -3.35. The Morgan fingerprint density at radius 2 is 1.41 bits per heavy atom. The largest absolute Gasteiger partial charge is 0.451 e. The van der Waals surface area contributed by atoms with Crippen molar-refractivity contribution in [1.82, 2.24) is 5.32 Å². The van der Waals surface area contributed by atoms with Crippen molar-refractivity contribution in [3.05, 3.63) is 71.8 Å². The molecule has 0 aliphatic rings. The van der Waals surface area contributed by atoms with Gasteiger partial charge in [-0.3, -0.25) is 4.79 Å². The van der Waals surface area contributed by atoms with E-state index < -0.39 is 42.1 Å². The first-order valence-corrected chi connectivity index (χ1v) is 9.24. The molecule has 1 atom stereocenters. The summed E-state index contributed by atoms with van der Waals surface area (Å²) in [6.45, 7) is 5.07. The van der Waals surface area contributed by atoms with Crippen LogP contribution in [0.15, 0.2) is 60.7 Å². The van der Waals surface area contributed by atoms with Gasteiger partial charge in [0, 0.05) is 0 Å². The highest BCUT2D eigenvalue weighted by molar-refractivity contribution is 5.87. The van der Waals surface area contributed by atoms with E-state index in [1.807, 2.05) is 60.7 Å². The quantitative estimate of drug-likeness (QED) is 0.697. The molecule has 0 unspecified atom stereocenters. The molecule has 7 nitrogen and oxygen atoms in total. The maximum atomic E-state index is 12.8. The summed E-state index contributed by atoms with van der Waals surface area (Å²) < 4.78 is 10.9. The lowest BCUT2D eigenvalue weighted by Crippen LogP contribution is -2.46. The van der Waals surface area contributed by atoms with Gasteiger partial charge in [-0.25, -0.2) is 9.59 Å². The number of nitrogens with two attached hydrogens (primary N) is 1. The summed E-state index contributed by atoms with van der Waals surface area (Å²) >= 11 is 0. The van der Waals surface area contributed by atoms with Gasteiger partial charge < -0.3 is 20.5 Å². The highest BCUT2D eigenvalue weighted by Crippen LogP contribution is 2.26. The maximum absolute atomic E-state index is 12.8. The average molecular weight is 398 g/mol. The summed E-state index contributed by atoms with van der Waals surface area (Å²) in [6, 6.07) is 17.1. The van der Waals surface area contributed by atoms with Crippen molar-refractivity contribution >= 4 is 18.0 Å². The summed E-state index contributed by atoms with van der Waals surface area (Å²) in [5.74, 6) is -1.54. The second kappa shape index (κ2) is 9.73. The van der Waals surface area contributed by atoms with Crippen LogP contribution in [0, 0.1) is 0 Å². The van der Waals surface area contributed by atoms with Gasteiger partial charge in [-0.2, -0.15) is 0 Å². The lowest BCUT2D eigenvalue weighted by atomic mass is 10.0. The van der Waals surface area contributed by atoms with Gasteiger partial charge in [0.05, 0.1) is 6.42 Å². The Balaban J connectivity index is 2.23. The minimum absolute atomic E-state index is 0.408. The van der Waals surface area contributed by atoms with Crippen molar-refractivity contribution in [1.29, 1.82) is 0 Å². The standard InChI is InChI=1S/C22H26N2O5/c1-22(2,3)29-21(27)24-17(14-18(23)25)20(26)28-19(15-10-6-4-7-11-15)16-12-8-5-9-13-16/h4-13,17,19H,14H2,1-3H3,(H2,23,25)(H,24,27)/t17-/m1/s1. The lowest BCUT2D eigenvalue weighted by Gasteiger charge is -2.24. The molecule has 2 aromatic rings.